The molecule has 1 rings (SSSR count). The van der Waals surface area contributed by atoms with Gasteiger partial charge in [-0.25, -0.2) is 0 Å². The lowest BCUT2D eigenvalue weighted by Gasteiger charge is -1.88. The highest BCUT2D eigenvalue weighted by Gasteiger charge is 1.88. The first-order chi connectivity index (χ1) is 3.50. The van der Waals surface area contributed by atoms with Crippen molar-refractivity contribution in [2.75, 3.05) is 13.1 Å². The van der Waals surface area contributed by atoms with Gasteiger partial charge in [-0.05, 0) is 12.8 Å². The summed E-state index contributed by atoms with van der Waals surface area (Å²) in [6.07, 6.45) is 5.16. The third-order valence-corrected chi connectivity index (χ3v) is 0.980. The van der Waals surface area contributed by atoms with Gasteiger partial charge in [0.05, 0.1) is 0 Å². The fraction of sp³-hybridized carbons (Fsp3) is 0.800. The molecule has 0 bridgehead atoms. The van der Waals surface area contributed by atoms with Crippen LogP contribution in [0.3, 0.4) is 0 Å². The Morgan fingerprint density at radius 1 is 1.43 bits per heavy atom. The van der Waals surface area contributed by atoms with E-state index in [0.717, 1.165) is 13.1 Å². The van der Waals surface area contributed by atoms with E-state index in [0.29, 0.717) is 0 Å². The van der Waals surface area contributed by atoms with Gasteiger partial charge in [-0.1, -0.05) is 0 Å². The second-order valence-corrected chi connectivity index (χ2v) is 1.63. The van der Waals surface area contributed by atoms with Gasteiger partial charge < -0.3 is 5.32 Å². The van der Waals surface area contributed by atoms with Gasteiger partial charge in [-0.15, -0.1) is 0 Å². The summed E-state index contributed by atoms with van der Waals surface area (Å²) in [5.74, 6) is 0. The van der Waals surface area contributed by atoms with E-state index < -0.39 is 0 Å². The van der Waals surface area contributed by atoms with E-state index in [-0.39, 0.29) is 0 Å². The van der Waals surface area contributed by atoms with Crippen molar-refractivity contribution in [3.8, 4) is 0 Å². The monoisotopic (exact) mass is 97.1 g/mol. The Morgan fingerprint density at radius 3 is 3.43 bits per heavy atom. The molecule has 0 atom stereocenters. The normalized spacial score (nSPS) is 20.6. The third kappa shape index (κ3) is 1.57. The molecule has 0 saturated heterocycles. The molecule has 0 aliphatic carbocycles. The van der Waals surface area contributed by atoms with E-state index >= 15 is 0 Å². The van der Waals surface area contributed by atoms with Gasteiger partial charge in [-0.3, -0.25) is 4.99 Å². The quantitative estimate of drug-likeness (QED) is 0.461. The third-order valence-electron chi connectivity index (χ3n) is 0.980. The highest BCUT2D eigenvalue weighted by atomic mass is 14.9. The van der Waals surface area contributed by atoms with Gasteiger partial charge in [0.15, 0.2) is 6.34 Å². The molecule has 0 aromatic heterocycles. The van der Waals surface area contributed by atoms with Gasteiger partial charge >= 0.3 is 0 Å². The SMILES string of the molecule is [C]1=NCCCCN1. The molecule has 1 radical (unpaired) electrons. The molecule has 0 spiro atoms. The maximum Gasteiger partial charge on any atom is 0.164 e. The largest absolute Gasteiger partial charge is 0.367 e. The minimum Gasteiger partial charge on any atom is -0.367 e. The Morgan fingerprint density at radius 2 is 2.43 bits per heavy atom. The van der Waals surface area contributed by atoms with Gasteiger partial charge in [0.25, 0.3) is 0 Å². The molecule has 0 amide bonds. The Bertz CT molecular complexity index is 60.5. The number of aliphatic imine (C=N–C) groups is 1. The number of rotatable bonds is 0. The standard InChI is InChI=1S/C5H9N2/c1-2-4-7-5-6-3-1/h1-4H2,(H,6,7). The first-order valence-corrected chi connectivity index (χ1v) is 2.64. The van der Waals surface area contributed by atoms with Crippen LogP contribution in [0.15, 0.2) is 4.99 Å². The van der Waals surface area contributed by atoms with Crippen molar-refractivity contribution in [1.29, 1.82) is 0 Å². The van der Waals surface area contributed by atoms with Crippen molar-refractivity contribution < 1.29 is 0 Å². The molecule has 0 fully saturated rings. The first-order valence-electron chi connectivity index (χ1n) is 2.64. The average Bonchev–Trinajstić information content (AvgIpc) is 1.90. The summed E-state index contributed by atoms with van der Waals surface area (Å²) < 4.78 is 0. The lowest BCUT2D eigenvalue weighted by atomic mass is 10.3. The molecule has 1 aliphatic rings. The van der Waals surface area contributed by atoms with E-state index in [4.69, 9.17) is 0 Å². The van der Waals surface area contributed by atoms with Crippen LogP contribution in [0.2, 0.25) is 0 Å². The zero-order chi connectivity index (χ0) is 4.95. The van der Waals surface area contributed by atoms with Crippen molar-refractivity contribution in [2.45, 2.75) is 12.8 Å². The van der Waals surface area contributed by atoms with Crippen LogP contribution in [0.1, 0.15) is 12.8 Å². The van der Waals surface area contributed by atoms with E-state index in [1.165, 1.54) is 12.8 Å². The summed E-state index contributed by atoms with van der Waals surface area (Å²) in [4.78, 5) is 3.91. The minimum absolute atomic E-state index is 0.951. The van der Waals surface area contributed by atoms with E-state index in [1.807, 2.05) is 0 Å². The van der Waals surface area contributed by atoms with Crippen LogP contribution < -0.4 is 5.32 Å². The van der Waals surface area contributed by atoms with Crippen LogP contribution in [0.4, 0.5) is 0 Å². The second kappa shape index (κ2) is 2.61. The first kappa shape index (κ1) is 4.62. The summed E-state index contributed by atoms with van der Waals surface area (Å²) in [5, 5.41) is 2.93. The van der Waals surface area contributed by atoms with Crippen LogP contribution in [0.25, 0.3) is 0 Å². The van der Waals surface area contributed by atoms with Crippen molar-refractivity contribution >= 4 is 6.34 Å². The summed E-state index contributed by atoms with van der Waals surface area (Å²) in [6.45, 7) is 2.00. The van der Waals surface area contributed by atoms with Crippen molar-refractivity contribution in [2.24, 2.45) is 4.99 Å². The summed E-state index contributed by atoms with van der Waals surface area (Å²) in [6, 6.07) is 0. The van der Waals surface area contributed by atoms with Gasteiger partial charge in [-0.2, -0.15) is 0 Å². The summed E-state index contributed by atoms with van der Waals surface area (Å²) >= 11 is 0. The van der Waals surface area contributed by atoms with E-state index in [9.17, 15) is 0 Å². The molecular formula is C5H9N2. The second-order valence-electron chi connectivity index (χ2n) is 1.63. The Labute approximate surface area is 43.6 Å². The van der Waals surface area contributed by atoms with Gasteiger partial charge in [0.2, 0.25) is 0 Å². The lowest BCUT2D eigenvalue weighted by Crippen LogP contribution is -2.09. The Kier molecular flexibility index (Phi) is 1.72. The van der Waals surface area contributed by atoms with Crippen LogP contribution in [0, 0.1) is 0 Å². The van der Waals surface area contributed by atoms with Crippen molar-refractivity contribution in [1.82, 2.24) is 5.32 Å². The van der Waals surface area contributed by atoms with Gasteiger partial charge in [0.1, 0.15) is 0 Å². The lowest BCUT2D eigenvalue weighted by molar-refractivity contribution is 0.751. The molecule has 7 heavy (non-hydrogen) atoms. The van der Waals surface area contributed by atoms with Crippen LogP contribution in [-0.2, 0) is 0 Å². The molecule has 0 aromatic rings. The molecular weight excluding hydrogens is 88.1 g/mol. The molecule has 1 heterocycles. The van der Waals surface area contributed by atoms with Crippen molar-refractivity contribution in [3.63, 3.8) is 0 Å². The predicted molar refractivity (Wildman–Crippen MR) is 29.5 cm³/mol. The minimum atomic E-state index is 0.951. The Balaban J connectivity index is 2.20. The zero-order valence-corrected chi connectivity index (χ0v) is 4.28. The fourth-order valence-corrected chi connectivity index (χ4v) is 0.572. The zero-order valence-electron chi connectivity index (χ0n) is 4.28. The number of nitrogens with zero attached hydrogens (tertiary/aromatic N) is 1. The average molecular weight is 97.1 g/mol. The van der Waals surface area contributed by atoms with Crippen LogP contribution >= 0.6 is 0 Å². The molecule has 2 heteroatoms. The van der Waals surface area contributed by atoms with E-state index in [2.05, 4.69) is 16.6 Å². The van der Waals surface area contributed by atoms with Gasteiger partial charge in [0, 0.05) is 13.1 Å². The molecule has 1 N–H and O–H groups in total. The molecule has 39 valence electrons. The smallest absolute Gasteiger partial charge is 0.164 e. The molecule has 0 unspecified atom stereocenters. The molecule has 0 aromatic carbocycles. The maximum absolute atomic E-state index is 3.91. The summed E-state index contributed by atoms with van der Waals surface area (Å²) in [5.41, 5.74) is 0. The highest BCUT2D eigenvalue weighted by molar-refractivity contribution is 5.54. The highest BCUT2D eigenvalue weighted by Crippen LogP contribution is 1.88. The van der Waals surface area contributed by atoms with Crippen LogP contribution in [0.5, 0.6) is 0 Å². The molecule has 0 saturated carbocycles. The number of nitrogens with one attached hydrogen (secondary N) is 1. The Hall–Kier alpha value is -0.530. The summed E-state index contributed by atoms with van der Waals surface area (Å²) in [7, 11) is 0. The maximum atomic E-state index is 3.91. The number of hydrogen-bond donors (Lipinski definition) is 1. The fourth-order valence-electron chi connectivity index (χ4n) is 0.572. The van der Waals surface area contributed by atoms with E-state index in [1.54, 1.807) is 0 Å². The predicted octanol–water partition coefficient (Wildman–Crippen LogP) is 0.275. The van der Waals surface area contributed by atoms with Crippen molar-refractivity contribution in [3.05, 3.63) is 0 Å². The topological polar surface area (TPSA) is 24.4 Å². The number of hydrogen-bond acceptors (Lipinski definition) is 2. The van der Waals surface area contributed by atoms with Crippen LogP contribution in [-0.4, -0.2) is 19.4 Å². The molecule has 2 nitrogen and oxygen atoms in total. The molecule has 1 aliphatic heterocycles.